The molecule has 0 aliphatic carbocycles. The number of aryl methyl sites for hydroxylation is 1. The number of aromatic amines is 1. The standard InChI is InChI=1S/C24H30Cl2N6O5S/c1-5-37-15-12-32(8-6-14(15)29-22(33)18-17(26)16(25)13(2)28-18)24-30-19(20(38-24)23(34)36-4)21-27-7-9-31(21)10-11-35-3/h7,9,14-15,28H,5-6,8,10-12H2,1-4H3,(H,29,33)/t14-,15+/m1/s1. The van der Waals surface area contributed by atoms with Crippen LogP contribution in [0.2, 0.25) is 10.0 Å². The number of hydrogen-bond donors (Lipinski definition) is 2. The molecule has 2 N–H and O–H groups in total. The lowest BCUT2D eigenvalue weighted by atomic mass is 10.0. The van der Waals surface area contributed by atoms with Crippen molar-refractivity contribution in [2.24, 2.45) is 0 Å². The zero-order valence-corrected chi connectivity index (χ0v) is 23.9. The van der Waals surface area contributed by atoms with E-state index in [0.29, 0.717) is 71.5 Å². The van der Waals surface area contributed by atoms with Gasteiger partial charge in [-0.15, -0.1) is 0 Å². The molecule has 0 radical (unpaired) electrons. The molecule has 1 fully saturated rings. The number of piperidine rings is 1. The van der Waals surface area contributed by atoms with Crippen LogP contribution in [0.15, 0.2) is 12.4 Å². The molecule has 0 unspecified atom stereocenters. The fraction of sp³-hybridized carbons (Fsp3) is 0.500. The topological polar surface area (TPSA) is 124 Å². The largest absolute Gasteiger partial charge is 0.465 e. The number of nitrogens with one attached hydrogen (secondary N) is 2. The zero-order valence-electron chi connectivity index (χ0n) is 21.5. The second-order valence-corrected chi connectivity index (χ2v) is 10.4. The summed E-state index contributed by atoms with van der Waals surface area (Å²) in [4.78, 5) is 40.2. The minimum absolute atomic E-state index is 0.196. The summed E-state index contributed by atoms with van der Waals surface area (Å²) < 4.78 is 18.1. The maximum atomic E-state index is 13.0. The van der Waals surface area contributed by atoms with Gasteiger partial charge in [-0.2, -0.15) is 0 Å². The summed E-state index contributed by atoms with van der Waals surface area (Å²) in [6, 6.07) is -0.260. The molecule has 0 saturated carbocycles. The average Bonchev–Trinajstić information content (AvgIpc) is 3.62. The van der Waals surface area contributed by atoms with Gasteiger partial charge in [-0.1, -0.05) is 34.5 Å². The minimum Gasteiger partial charge on any atom is -0.465 e. The molecule has 1 amide bonds. The van der Waals surface area contributed by atoms with Gasteiger partial charge in [-0.3, -0.25) is 4.79 Å². The number of methoxy groups -OCH3 is 2. The summed E-state index contributed by atoms with van der Waals surface area (Å²) in [5, 5.41) is 4.21. The van der Waals surface area contributed by atoms with Crippen LogP contribution in [0.3, 0.4) is 0 Å². The Morgan fingerprint density at radius 2 is 2.08 bits per heavy atom. The van der Waals surface area contributed by atoms with Gasteiger partial charge in [0.05, 0.1) is 35.9 Å². The van der Waals surface area contributed by atoms with Crippen molar-refractivity contribution in [3.8, 4) is 11.5 Å². The number of imidazole rings is 1. The predicted octanol–water partition coefficient (Wildman–Crippen LogP) is 3.80. The molecule has 0 aromatic carbocycles. The Balaban J connectivity index is 1.56. The van der Waals surface area contributed by atoms with E-state index in [4.69, 9.17) is 42.4 Å². The number of amides is 1. The van der Waals surface area contributed by atoms with Crippen molar-refractivity contribution in [3.05, 3.63) is 38.7 Å². The van der Waals surface area contributed by atoms with E-state index >= 15 is 0 Å². The van der Waals surface area contributed by atoms with Gasteiger partial charge in [0.15, 0.2) is 11.0 Å². The van der Waals surface area contributed by atoms with Gasteiger partial charge in [0.1, 0.15) is 16.3 Å². The molecule has 0 spiro atoms. The summed E-state index contributed by atoms with van der Waals surface area (Å²) in [5.41, 5.74) is 1.31. The van der Waals surface area contributed by atoms with Crippen molar-refractivity contribution in [1.29, 1.82) is 0 Å². The van der Waals surface area contributed by atoms with Crippen LogP contribution in [0.4, 0.5) is 5.13 Å². The smallest absolute Gasteiger partial charge is 0.350 e. The molecule has 3 aromatic heterocycles. The molecule has 38 heavy (non-hydrogen) atoms. The van der Waals surface area contributed by atoms with Crippen LogP contribution in [0.5, 0.6) is 0 Å². The van der Waals surface area contributed by atoms with Crippen molar-refractivity contribution >= 4 is 51.5 Å². The van der Waals surface area contributed by atoms with Crippen LogP contribution >= 0.6 is 34.5 Å². The number of esters is 1. The van der Waals surface area contributed by atoms with Gasteiger partial charge < -0.3 is 34.0 Å². The number of anilines is 1. The Morgan fingerprint density at radius 3 is 2.74 bits per heavy atom. The van der Waals surface area contributed by atoms with Gasteiger partial charge in [0.25, 0.3) is 5.91 Å². The number of carbonyl (C=O) groups is 2. The number of carbonyl (C=O) groups excluding carboxylic acids is 2. The van der Waals surface area contributed by atoms with E-state index < -0.39 is 5.97 Å². The molecular formula is C24H30Cl2N6O5S. The second-order valence-electron chi connectivity index (χ2n) is 8.66. The van der Waals surface area contributed by atoms with Crippen molar-refractivity contribution < 1.29 is 23.8 Å². The van der Waals surface area contributed by atoms with E-state index in [9.17, 15) is 9.59 Å². The molecule has 14 heteroatoms. The Morgan fingerprint density at radius 1 is 1.29 bits per heavy atom. The number of halogens is 2. The summed E-state index contributed by atoms with van der Waals surface area (Å²) >= 11 is 13.6. The lowest BCUT2D eigenvalue weighted by Crippen LogP contribution is -2.55. The van der Waals surface area contributed by atoms with E-state index in [1.807, 2.05) is 17.7 Å². The average molecular weight is 586 g/mol. The summed E-state index contributed by atoms with van der Waals surface area (Å²) in [5.74, 6) is -0.267. The minimum atomic E-state index is -0.481. The summed E-state index contributed by atoms with van der Waals surface area (Å²) in [7, 11) is 2.97. The molecule has 206 valence electrons. The summed E-state index contributed by atoms with van der Waals surface area (Å²) in [6.45, 7) is 6.21. The third kappa shape index (κ3) is 5.84. The Labute approximate surface area is 234 Å². The number of nitrogens with zero attached hydrogens (tertiary/aromatic N) is 4. The molecule has 1 aliphatic heterocycles. The molecule has 11 nitrogen and oxygen atoms in total. The number of aromatic nitrogens is 4. The highest BCUT2D eigenvalue weighted by Gasteiger charge is 2.35. The quantitative estimate of drug-likeness (QED) is 0.345. The molecule has 0 bridgehead atoms. The second kappa shape index (κ2) is 12.5. The van der Waals surface area contributed by atoms with Crippen LogP contribution in [-0.4, -0.2) is 84.1 Å². The van der Waals surface area contributed by atoms with E-state index in [2.05, 4.69) is 20.2 Å². The molecule has 4 heterocycles. The third-order valence-electron chi connectivity index (χ3n) is 6.26. The van der Waals surface area contributed by atoms with E-state index in [0.717, 1.165) is 0 Å². The molecule has 2 atom stereocenters. The van der Waals surface area contributed by atoms with Crippen LogP contribution in [0, 0.1) is 6.92 Å². The molecule has 3 aromatic rings. The normalized spacial score (nSPS) is 17.6. The van der Waals surface area contributed by atoms with E-state index in [1.54, 1.807) is 20.2 Å². The fourth-order valence-electron chi connectivity index (χ4n) is 4.33. The Bertz CT molecular complexity index is 1290. The van der Waals surface area contributed by atoms with Gasteiger partial charge in [0.2, 0.25) is 0 Å². The maximum absolute atomic E-state index is 13.0. The lowest BCUT2D eigenvalue weighted by molar-refractivity contribution is 0.0272. The Hall–Kier alpha value is -2.64. The molecule has 4 rings (SSSR count). The SMILES string of the molecule is CCO[C@H]1CN(c2nc(-c3nccn3CCOC)c(C(=O)OC)s2)CC[C@H]1NC(=O)c1[nH]c(C)c(Cl)c1Cl. The number of H-pyrrole nitrogens is 1. The molecule has 1 saturated heterocycles. The lowest BCUT2D eigenvalue weighted by Gasteiger charge is -2.38. The van der Waals surface area contributed by atoms with Gasteiger partial charge in [0, 0.05) is 51.4 Å². The van der Waals surface area contributed by atoms with Crippen molar-refractivity contribution in [2.75, 3.05) is 45.4 Å². The highest BCUT2D eigenvalue weighted by molar-refractivity contribution is 7.17. The maximum Gasteiger partial charge on any atom is 0.350 e. The van der Waals surface area contributed by atoms with Crippen LogP contribution < -0.4 is 10.2 Å². The first-order chi connectivity index (χ1) is 18.3. The highest BCUT2D eigenvalue weighted by Crippen LogP contribution is 2.35. The number of thiazole rings is 1. The van der Waals surface area contributed by atoms with Gasteiger partial charge >= 0.3 is 5.97 Å². The fourth-order valence-corrected chi connectivity index (χ4v) is 5.76. The van der Waals surface area contributed by atoms with E-state index in [1.165, 1.54) is 18.4 Å². The van der Waals surface area contributed by atoms with Gasteiger partial charge in [-0.25, -0.2) is 14.8 Å². The molecule has 1 aliphatic rings. The third-order valence-corrected chi connectivity index (χ3v) is 8.30. The first kappa shape index (κ1) is 28.4. The highest BCUT2D eigenvalue weighted by atomic mass is 35.5. The Kier molecular flexibility index (Phi) is 9.32. The van der Waals surface area contributed by atoms with Crippen LogP contribution in [0.1, 0.15) is 39.2 Å². The number of ether oxygens (including phenoxy) is 3. The first-order valence-corrected chi connectivity index (χ1v) is 13.7. The molecular weight excluding hydrogens is 555 g/mol. The monoisotopic (exact) mass is 584 g/mol. The summed E-state index contributed by atoms with van der Waals surface area (Å²) in [6.07, 6.45) is 3.75. The first-order valence-electron chi connectivity index (χ1n) is 12.1. The number of rotatable bonds is 10. The zero-order chi connectivity index (χ0) is 27.4. The van der Waals surface area contributed by atoms with Crippen molar-refractivity contribution in [2.45, 2.75) is 39.0 Å². The van der Waals surface area contributed by atoms with Crippen molar-refractivity contribution in [1.82, 2.24) is 24.8 Å². The van der Waals surface area contributed by atoms with Gasteiger partial charge in [-0.05, 0) is 20.3 Å². The van der Waals surface area contributed by atoms with Crippen LogP contribution in [-0.2, 0) is 20.8 Å². The van der Waals surface area contributed by atoms with Crippen molar-refractivity contribution in [3.63, 3.8) is 0 Å². The predicted molar refractivity (Wildman–Crippen MR) is 146 cm³/mol. The van der Waals surface area contributed by atoms with E-state index in [-0.39, 0.29) is 28.8 Å². The number of hydrogen-bond acceptors (Lipinski definition) is 9. The van der Waals surface area contributed by atoms with Crippen LogP contribution in [0.25, 0.3) is 11.5 Å².